The molecule has 0 fully saturated rings. The molecule has 1 aromatic heterocycles. The first-order valence-electron chi connectivity index (χ1n) is 5.74. The van der Waals surface area contributed by atoms with Crippen LogP contribution in [0.2, 0.25) is 0 Å². The van der Waals surface area contributed by atoms with Crippen LogP contribution < -0.4 is 4.90 Å². The molecule has 1 heterocycles. The highest BCUT2D eigenvalue weighted by Gasteiger charge is 2.32. The summed E-state index contributed by atoms with van der Waals surface area (Å²) in [5.74, 6) is -0.889. The Bertz CT molecular complexity index is 462. The predicted octanol–water partition coefficient (Wildman–Crippen LogP) is 2.25. The van der Waals surface area contributed by atoms with Gasteiger partial charge in [-0.15, -0.1) is 11.3 Å². The van der Waals surface area contributed by atoms with Gasteiger partial charge in [-0.05, 0) is 20.8 Å². The Balaban J connectivity index is 2.92. The van der Waals surface area contributed by atoms with Gasteiger partial charge in [-0.1, -0.05) is 0 Å². The summed E-state index contributed by atoms with van der Waals surface area (Å²) in [7, 11) is 0. The van der Waals surface area contributed by atoms with Crippen LogP contribution in [0.15, 0.2) is 5.38 Å². The summed E-state index contributed by atoms with van der Waals surface area (Å²) in [6.07, 6.45) is 0.436. The normalized spacial score (nSPS) is 11.0. The van der Waals surface area contributed by atoms with Crippen LogP contribution in [0, 0.1) is 11.3 Å². The maximum atomic E-state index is 11.2. The minimum Gasteiger partial charge on any atom is -0.481 e. The summed E-state index contributed by atoms with van der Waals surface area (Å²) < 4.78 is 0. The Morgan fingerprint density at radius 2 is 2.33 bits per heavy atom. The molecule has 18 heavy (non-hydrogen) atoms. The highest BCUT2D eigenvalue weighted by atomic mass is 32.1. The summed E-state index contributed by atoms with van der Waals surface area (Å²) in [4.78, 5) is 17.5. The number of anilines is 1. The number of carbonyl (C=O) groups is 1. The summed E-state index contributed by atoms with van der Waals surface area (Å²) in [6, 6.07) is 2.10. The monoisotopic (exact) mass is 267 g/mol. The van der Waals surface area contributed by atoms with E-state index in [1.165, 1.54) is 11.3 Å². The number of carboxylic acid groups (broad SMARTS) is 1. The molecule has 0 bridgehead atoms. The lowest BCUT2D eigenvalue weighted by atomic mass is 9.90. The zero-order valence-electron chi connectivity index (χ0n) is 10.8. The van der Waals surface area contributed by atoms with Gasteiger partial charge in [-0.2, -0.15) is 5.26 Å². The zero-order valence-corrected chi connectivity index (χ0v) is 11.6. The second kappa shape index (κ2) is 5.83. The van der Waals surface area contributed by atoms with Gasteiger partial charge in [0.1, 0.15) is 5.41 Å². The SMILES string of the molecule is CCN(CCC#N)c1nc(C(C)(C)C(=O)O)cs1. The largest absolute Gasteiger partial charge is 0.481 e. The zero-order chi connectivity index (χ0) is 13.8. The van der Waals surface area contributed by atoms with Gasteiger partial charge < -0.3 is 10.0 Å². The fourth-order valence-electron chi connectivity index (χ4n) is 1.38. The van der Waals surface area contributed by atoms with Gasteiger partial charge >= 0.3 is 5.97 Å². The van der Waals surface area contributed by atoms with E-state index in [1.54, 1.807) is 19.2 Å². The molecule has 5 nitrogen and oxygen atoms in total. The van der Waals surface area contributed by atoms with Gasteiger partial charge in [-0.25, -0.2) is 4.98 Å². The molecule has 1 aromatic rings. The smallest absolute Gasteiger partial charge is 0.315 e. The van der Waals surface area contributed by atoms with Crippen molar-refractivity contribution in [1.82, 2.24) is 4.98 Å². The van der Waals surface area contributed by atoms with Crippen molar-refractivity contribution >= 4 is 22.4 Å². The third kappa shape index (κ3) is 2.99. The fraction of sp³-hybridized carbons (Fsp3) is 0.583. The van der Waals surface area contributed by atoms with Crippen molar-refractivity contribution in [2.75, 3.05) is 18.0 Å². The number of hydrogen-bond donors (Lipinski definition) is 1. The second-order valence-electron chi connectivity index (χ2n) is 4.43. The van der Waals surface area contributed by atoms with Crippen LogP contribution in [0.1, 0.15) is 32.9 Å². The minimum atomic E-state index is -0.983. The topological polar surface area (TPSA) is 77.2 Å². The Morgan fingerprint density at radius 1 is 1.67 bits per heavy atom. The van der Waals surface area contributed by atoms with Crippen LogP contribution in [0.5, 0.6) is 0 Å². The van der Waals surface area contributed by atoms with E-state index in [0.717, 1.165) is 11.7 Å². The molecule has 0 atom stereocenters. The Morgan fingerprint density at radius 3 is 2.83 bits per heavy atom. The van der Waals surface area contributed by atoms with Gasteiger partial charge in [0.05, 0.1) is 18.2 Å². The third-order valence-electron chi connectivity index (χ3n) is 2.81. The lowest BCUT2D eigenvalue weighted by Gasteiger charge is -2.19. The van der Waals surface area contributed by atoms with Crippen molar-refractivity contribution < 1.29 is 9.90 Å². The average Bonchev–Trinajstić information content (AvgIpc) is 2.80. The van der Waals surface area contributed by atoms with Gasteiger partial charge in [0, 0.05) is 18.5 Å². The number of nitriles is 1. The van der Waals surface area contributed by atoms with Crippen molar-refractivity contribution in [3.63, 3.8) is 0 Å². The van der Waals surface area contributed by atoms with Crippen LogP contribution in [0.4, 0.5) is 5.13 Å². The molecule has 0 aliphatic rings. The Labute approximate surface area is 111 Å². The van der Waals surface area contributed by atoms with Crippen LogP contribution in [0.25, 0.3) is 0 Å². The molecule has 0 amide bonds. The third-order valence-corrected chi connectivity index (χ3v) is 3.71. The number of rotatable bonds is 6. The predicted molar refractivity (Wildman–Crippen MR) is 70.9 cm³/mol. The number of hydrogen-bond acceptors (Lipinski definition) is 5. The molecular formula is C12H17N3O2S. The molecule has 0 aromatic carbocycles. The number of aliphatic carboxylic acids is 1. The van der Waals surface area contributed by atoms with E-state index < -0.39 is 11.4 Å². The first-order chi connectivity index (χ1) is 8.43. The fourth-order valence-corrected chi connectivity index (χ4v) is 2.46. The average molecular weight is 267 g/mol. The van der Waals surface area contributed by atoms with Crippen molar-refractivity contribution in [3.8, 4) is 6.07 Å². The van der Waals surface area contributed by atoms with Gasteiger partial charge in [0.2, 0.25) is 0 Å². The molecule has 0 aliphatic carbocycles. The molecule has 1 rings (SSSR count). The van der Waals surface area contributed by atoms with Gasteiger partial charge in [0.15, 0.2) is 5.13 Å². The van der Waals surface area contributed by atoms with E-state index in [0.29, 0.717) is 18.7 Å². The standard InChI is InChI=1S/C12H17N3O2S/c1-4-15(7-5-6-13)11-14-9(8-18-11)12(2,3)10(16)17/h8H,4-5,7H2,1-3H3,(H,16,17). The van der Waals surface area contributed by atoms with Crippen molar-refractivity contribution in [2.24, 2.45) is 0 Å². The van der Waals surface area contributed by atoms with Crippen molar-refractivity contribution in [3.05, 3.63) is 11.1 Å². The van der Waals surface area contributed by atoms with E-state index in [1.807, 2.05) is 11.8 Å². The van der Waals surface area contributed by atoms with E-state index >= 15 is 0 Å². The maximum absolute atomic E-state index is 11.2. The molecule has 0 saturated heterocycles. The van der Waals surface area contributed by atoms with Gasteiger partial charge in [-0.3, -0.25) is 4.79 Å². The number of nitrogens with zero attached hydrogens (tertiary/aromatic N) is 3. The highest BCUT2D eigenvalue weighted by Crippen LogP contribution is 2.29. The van der Waals surface area contributed by atoms with Gasteiger partial charge in [0.25, 0.3) is 0 Å². The molecule has 0 spiro atoms. The van der Waals surface area contributed by atoms with Crippen LogP contribution >= 0.6 is 11.3 Å². The van der Waals surface area contributed by atoms with E-state index in [4.69, 9.17) is 10.4 Å². The van der Waals surface area contributed by atoms with Crippen molar-refractivity contribution in [1.29, 1.82) is 5.26 Å². The molecule has 98 valence electrons. The summed E-state index contributed by atoms with van der Waals surface area (Å²) >= 11 is 1.42. The summed E-state index contributed by atoms with van der Waals surface area (Å²) in [6.45, 7) is 6.63. The molecule has 0 saturated carbocycles. The number of thiazole rings is 1. The molecular weight excluding hydrogens is 250 g/mol. The minimum absolute atomic E-state index is 0.436. The molecule has 6 heteroatoms. The van der Waals surface area contributed by atoms with Crippen molar-refractivity contribution in [2.45, 2.75) is 32.6 Å². The first-order valence-corrected chi connectivity index (χ1v) is 6.62. The maximum Gasteiger partial charge on any atom is 0.315 e. The van der Waals surface area contributed by atoms with E-state index in [9.17, 15) is 4.79 Å². The lowest BCUT2D eigenvalue weighted by Crippen LogP contribution is -2.29. The van der Waals surface area contributed by atoms with Crippen LogP contribution in [-0.2, 0) is 10.2 Å². The summed E-state index contributed by atoms with van der Waals surface area (Å²) in [5, 5.41) is 20.3. The molecule has 1 N–H and O–H groups in total. The van der Waals surface area contributed by atoms with E-state index in [2.05, 4.69) is 11.1 Å². The first kappa shape index (κ1) is 14.5. The quantitative estimate of drug-likeness (QED) is 0.855. The lowest BCUT2D eigenvalue weighted by molar-refractivity contribution is -0.142. The molecule has 0 aliphatic heterocycles. The number of carboxylic acids is 1. The van der Waals surface area contributed by atoms with Crippen LogP contribution in [-0.4, -0.2) is 29.1 Å². The second-order valence-corrected chi connectivity index (χ2v) is 5.27. The van der Waals surface area contributed by atoms with Crippen LogP contribution in [0.3, 0.4) is 0 Å². The molecule has 0 radical (unpaired) electrons. The number of aromatic nitrogens is 1. The highest BCUT2D eigenvalue weighted by molar-refractivity contribution is 7.13. The Kier molecular flexibility index (Phi) is 4.68. The molecule has 0 unspecified atom stereocenters. The summed E-state index contributed by atoms with van der Waals surface area (Å²) in [5.41, 5.74) is -0.422. The Hall–Kier alpha value is -1.61. The van der Waals surface area contributed by atoms with E-state index in [-0.39, 0.29) is 0 Å².